The van der Waals surface area contributed by atoms with E-state index in [9.17, 15) is 0 Å². The fourth-order valence-corrected chi connectivity index (χ4v) is 5.69. The van der Waals surface area contributed by atoms with Gasteiger partial charge in [0.05, 0.1) is 13.2 Å². The van der Waals surface area contributed by atoms with Gasteiger partial charge in [0.2, 0.25) is 11.8 Å². The summed E-state index contributed by atoms with van der Waals surface area (Å²) < 4.78 is 24.9. The Bertz CT molecular complexity index is 1880. The normalized spacial score (nSPS) is 12.5. The molecule has 0 N–H and O–H groups in total. The standard InChI is InChI=1S/C42H48N2O4/c1-25(2)23-45-35-21-37-33(19-31(35)41(5,6)7)43-39(47-37)29-15-11-27(12-16-29)28-13-17-30(18-14-28)40-44-34-20-32(42(8,9)10)36(22-38(34)48-40)46-24-26(3)4/h11-22,25-26H,23-24H2,1-10H3. The molecule has 0 aliphatic heterocycles. The summed E-state index contributed by atoms with van der Waals surface area (Å²) in [6.07, 6.45) is 0. The molecule has 2 aromatic heterocycles. The first kappa shape index (κ1) is 33.3. The largest absolute Gasteiger partial charge is 0.493 e. The van der Waals surface area contributed by atoms with Crippen molar-refractivity contribution in [3.63, 3.8) is 0 Å². The molecule has 0 radical (unpaired) electrons. The van der Waals surface area contributed by atoms with E-state index in [1.807, 2.05) is 12.1 Å². The molecule has 0 saturated carbocycles. The van der Waals surface area contributed by atoms with Gasteiger partial charge in [-0.05, 0) is 70.2 Å². The van der Waals surface area contributed by atoms with Gasteiger partial charge in [-0.3, -0.25) is 0 Å². The van der Waals surface area contributed by atoms with E-state index in [-0.39, 0.29) is 10.8 Å². The van der Waals surface area contributed by atoms with Gasteiger partial charge in [-0.1, -0.05) is 93.5 Å². The third-order valence-corrected chi connectivity index (χ3v) is 8.34. The van der Waals surface area contributed by atoms with E-state index in [1.54, 1.807) is 0 Å². The smallest absolute Gasteiger partial charge is 0.227 e. The number of ether oxygens (including phenoxy) is 2. The zero-order valence-corrected chi connectivity index (χ0v) is 30.0. The van der Waals surface area contributed by atoms with Gasteiger partial charge >= 0.3 is 0 Å². The summed E-state index contributed by atoms with van der Waals surface area (Å²) in [7, 11) is 0. The Labute approximate surface area is 284 Å². The summed E-state index contributed by atoms with van der Waals surface area (Å²) in [5.74, 6) is 3.77. The van der Waals surface area contributed by atoms with Gasteiger partial charge in [-0.25, -0.2) is 9.97 Å². The van der Waals surface area contributed by atoms with Gasteiger partial charge in [0.15, 0.2) is 11.2 Å². The number of nitrogens with zero attached hydrogens (tertiary/aromatic N) is 2. The molecule has 48 heavy (non-hydrogen) atoms. The van der Waals surface area contributed by atoms with Gasteiger partial charge in [-0.2, -0.15) is 0 Å². The van der Waals surface area contributed by atoms with Crippen LogP contribution in [0.15, 0.2) is 81.6 Å². The van der Waals surface area contributed by atoms with E-state index < -0.39 is 0 Å². The van der Waals surface area contributed by atoms with Gasteiger partial charge in [0.1, 0.15) is 22.5 Å². The summed E-state index contributed by atoms with van der Waals surface area (Å²) >= 11 is 0. The first-order chi connectivity index (χ1) is 22.7. The molecule has 0 amide bonds. The molecule has 2 heterocycles. The quantitative estimate of drug-likeness (QED) is 0.156. The molecular weight excluding hydrogens is 596 g/mol. The highest BCUT2D eigenvalue weighted by atomic mass is 16.5. The lowest BCUT2D eigenvalue weighted by Crippen LogP contribution is -2.15. The second kappa shape index (κ2) is 12.8. The minimum absolute atomic E-state index is 0.0846. The molecule has 0 atom stereocenters. The van der Waals surface area contributed by atoms with E-state index in [0.29, 0.717) is 36.8 Å². The Morgan fingerprint density at radius 1 is 0.521 bits per heavy atom. The topological polar surface area (TPSA) is 70.5 Å². The molecule has 4 aromatic carbocycles. The van der Waals surface area contributed by atoms with Crippen LogP contribution < -0.4 is 9.47 Å². The molecule has 0 fully saturated rings. The zero-order valence-electron chi connectivity index (χ0n) is 30.0. The number of hydrogen-bond donors (Lipinski definition) is 0. The predicted octanol–water partition coefficient (Wildman–Crippen LogP) is 11.6. The van der Waals surface area contributed by atoms with Crippen molar-refractivity contribution in [3.05, 3.63) is 83.9 Å². The van der Waals surface area contributed by atoms with Crippen molar-refractivity contribution in [2.75, 3.05) is 13.2 Å². The van der Waals surface area contributed by atoms with Crippen LogP contribution in [0.5, 0.6) is 11.5 Å². The van der Waals surface area contributed by atoms with Crippen molar-refractivity contribution in [2.24, 2.45) is 11.8 Å². The number of aromatic nitrogens is 2. The van der Waals surface area contributed by atoms with E-state index in [4.69, 9.17) is 28.3 Å². The Morgan fingerprint density at radius 2 is 0.854 bits per heavy atom. The fourth-order valence-electron chi connectivity index (χ4n) is 5.69. The third-order valence-electron chi connectivity index (χ3n) is 8.34. The molecule has 6 heteroatoms. The fraction of sp³-hybridized carbons (Fsp3) is 0.381. The Morgan fingerprint density at radius 3 is 1.17 bits per heavy atom. The summed E-state index contributed by atoms with van der Waals surface area (Å²) in [5.41, 5.74) is 9.24. The van der Waals surface area contributed by atoms with Crippen molar-refractivity contribution in [1.82, 2.24) is 9.97 Å². The molecule has 0 unspecified atom stereocenters. The molecule has 0 saturated heterocycles. The zero-order chi connectivity index (χ0) is 34.4. The number of hydrogen-bond acceptors (Lipinski definition) is 6. The van der Waals surface area contributed by atoms with Gasteiger partial charge in [0.25, 0.3) is 0 Å². The van der Waals surface area contributed by atoms with Crippen molar-refractivity contribution >= 4 is 22.2 Å². The minimum atomic E-state index is -0.0846. The Hall–Kier alpha value is -4.58. The monoisotopic (exact) mass is 644 g/mol. The second-order valence-electron chi connectivity index (χ2n) is 15.7. The second-order valence-corrected chi connectivity index (χ2v) is 15.7. The highest BCUT2D eigenvalue weighted by Crippen LogP contribution is 2.39. The van der Waals surface area contributed by atoms with E-state index in [0.717, 1.165) is 67.1 Å². The number of rotatable bonds is 9. The van der Waals surface area contributed by atoms with Crippen LogP contribution in [0, 0.1) is 11.8 Å². The molecule has 6 nitrogen and oxygen atoms in total. The first-order valence-corrected chi connectivity index (χ1v) is 17.0. The minimum Gasteiger partial charge on any atom is -0.493 e. The highest BCUT2D eigenvalue weighted by molar-refractivity contribution is 5.81. The third kappa shape index (κ3) is 7.13. The summed E-state index contributed by atoms with van der Waals surface area (Å²) in [6, 6.07) is 24.8. The number of oxazole rings is 2. The Kier molecular flexibility index (Phi) is 8.88. The Balaban J connectivity index is 1.23. The molecule has 0 aliphatic carbocycles. The van der Waals surface area contributed by atoms with Crippen molar-refractivity contribution in [3.8, 4) is 45.5 Å². The summed E-state index contributed by atoms with van der Waals surface area (Å²) in [6.45, 7) is 23.1. The maximum absolute atomic E-state index is 6.25. The predicted molar refractivity (Wildman–Crippen MR) is 196 cm³/mol. The lowest BCUT2D eigenvalue weighted by Gasteiger charge is -2.23. The molecule has 6 aromatic rings. The molecular formula is C42H48N2O4. The molecule has 6 rings (SSSR count). The van der Waals surface area contributed by atoms with Gasteiger partial charge in [-0.15, -0.1) is 0 Å². The van der Waals surface area contributed by atoms with Crippen molar-refractivity contribution in [1.29, 1.82) is 0 Å². The van der Waals surface area contributed by atoms with Gasteiger partial charge in [0, 0.05) is 34.4 Å². The summed E-state index contributed by atoms with van der Waals surface area (Å²) in [4.78, 5) is 9.71. The van der Waals surface area contributed by atoms with E-state index in [1.165, 1.54) is 0 Å². The lowest BCUT2D eigenvalue weighted by atomic mass is 9.86. The molecule has 0 bridgehead atoms. The maximum atomic E-state index is 6.25. The van der Waals surface area contributed by atoms with Crippen LogP contribution >= 0.6 is 0 Å². The number of benzene rings is 4. The maximum Gasteiger partial charge on any atom is 0.227 e. The number of fused-ring (bicyclic) bond motifs is 2. The first-order valence-electron chi connectivity index (χ1n) is 17.0. The van der Waals surface area contributed by atoms with Gasteiger partial charge < -0.3 is 18.3 Å². The van der Waals surface area contributed by atoms with Crippen LogP contribution in [-0.4, -0.2) is 23.2 Å². The lowest BCUT2D eigenvalue weighted by molar-refractivity contribution is 0.265. The van der Waals surface area contributed by atoms with Crippen LogP contribution in [0.4, 0.5) is 0 Å². The average molecular weight is 645 g/mol. The molecule has 0 spiro atoms. The highest BCUT2D eigenvalue weighted by Gasteiger charge is 2.24. The van der Waals surface area contributed by atoms with E-state index in [2.05, 4.69) is 130 Å². The molecule has 0 aliphatic rings. The van der Waals surface area contributed by atoms with Crippen LogP contribution in [-0.2, 0) is 10.8 Å². The average Bonchev–Trinajstić information content (AvgIpc) is 3.65. The van der Waals surface area contributed by atoms with Crippen LogP contribution in [0.2, 0.25) is 0 Å². The van der Waals surface area contributed by atoms with Crippen LogP contribution in [0.25, 0.3) is 56.2 Å². The molecule has 250 valence electrons. The van der Waals surface area contributed by atoms with Crippen LogP contribution in [0.3, 0.4) is 0 Å². The van der Waals surface area contributed by atoms with E-state index >= 15 is 0 Å². The van der Waals surface area contributed by atoms with Crippen molar-refractivity contribution in [2.45, 2.75) is 80.1 Å². The SMILES string of the molecule is CC(C)COc1cc2oc(-c3ccc(-c4ccc(-c5nc6cc(C(C)(C)C)c(OCC(C)C)cc6o5)cc4)cc3)nc2cc1C(C)(C)C. The summed E-state index contributed by atoms with van der Waals surface area (Å²) in [5, 5.41) is 0. The van der Waals surface area contributed by atoms with Crippen LogP contribution in [0.1, 0.15) is 80.4 Å². The van der Waals surface area contributed by atoms with Crippen molar-refractivity contribution < 1.29 is 18.3 Å².